The molecule has 0 saturated carbocycles. The fourth-order valence-corrected chi connectivity index (χ4v) is 3.11. The molecule has 0 aliphatic rings. The summed E-state index contributed by atoms with van der Waals surface area (Å²) in [6.07, 6.45) is 0.979. The van der Waals surface area contributed by atoms with Crippen molar-refractivity contribution in [3.05, 3.63) is 95.0 Å². The SMILES string of the molecule is O=C(/C=N/OC(=O)c1ccc(Cl)cc1)c1ccc(Sc2ccccc2)cc1. The quantitative estimate of drug-likeness (QED) is 0.239. The number of benzene rings is 3. The zero-order valence-corrected chi connectivity index (χ0v) is 15.6. The van der Waals surface area contributed by atoms with E-state index < -0.39 is 5.97 Å². The molecule has 0 amide bonds. The molecular weight excluding hydrogens is 382 g/mol. The van der Waals surface area contributed by atoms with Gasteiger partial charge in [-0.05, 0) is 60.7 Å². The molecule has 0 unspecified atom stereocenters. The third-order valence-electron chi connectivity index (χ3n) is 3.50. The van der Waals surface area contributed by atoms with Crippen LogP contribution in [-0.4, -0.2) is 18.0 Å². The Morgan fingerprint density at radius 1 is 0.815 bits per heavy atom. The van der Waals surface area contributed by atoms with Gasteiger partial charge in [-0.3, -0.25) is 4.79 Å². The van der Waals surface area contributed by atoms with Crippen LogP contribution in [0.2, 0.25) is 5.02 Å². The highest BCUT2D eigenvalue weighted by molar-refractivity contribution is 7.99. The molecule has 0 fully saturated rings. The van der Waals surface area contributed by atoms with E-state index >= 15 is 0 Å². The van der Waals surface area contributed by atoms with E-state index in [1.54, 1.807) is 36.0 Å². The molecule has 6 heteroatoms. The molecule has 3 aromatic rings. The van der Waals surface area contributed by atoms with Crippen LogP contribution in [0.4, 0.5) is 0 Å². The minimum absolute atomic E-state index is 0.297. The molecule has 0 aromatic heterocycles. The highest BCUT2D eigenvalue weighted by Gasteiger charge is 2.08. The Kier molecular flexibility index (Phi) is 6.41. The number of carbonyl (C=O) groups is 2. The summed E-state index contributed by atoms with van der Waals surface area (Å²) < 4.78 is 0. The molecule has 27 heavy (non-hydrogen) atoms. The summed E-state index contributed by atoms with van der Waals surface area (Å²) in [6.45, 7) is 0. The van der Waals surface area contributed by atoms with Gasteiger partial charge < -0.3 is 4.84 Å². The number of ketones is 1. The Bertz CT molecular complexity index is 955. The Balaban J connectivity index is 1.56. The number of Topliss-reactive ketones (excluding diaryl/α,β-unsaturated/α-hetero) is 1. The van der Waals surface area contributed by atoms with E-state index in [4.69, 9.17) is 16.4 Å². The molecule has 134 valence electrons. The first-order chi connectivity index (χ1) is 13.1. The van der Waals surface area contributed by atoms with Crippen LogP contribution in [0.3, 0.4) is 0 Å². The lowest BCUT2D eigenvalue weighted by Crippen LogP contribution is -2.04. The Morgan fingerprint density at radius 2 is 1.41 bits per heavy atom. The molecule has 3 aromatic carbocycles. The van der Waals surface area contributed by atoms with Gasteiger partial charge in [-0.1, -0.05) is 46.7 Å². The zero-order chi connectivity index (χ0) is 19.1. The second kappa shape index (κ2) is 9.16. The van der Waals surface area contributed by atoms with E-state index in [1.165, 1.54) is 12.1 Å². The van der Waals surface area contributed by atoms with Crippen LogP contribution in [0.15, 0.2) is 93.8 Å². The van der Waals surface area contributed by atoms with Crippen LogP contribution < -0.4 is 0 Å². The first-order valence-electron chi connectivity index (χ1n) is 7.99. The highest BCUT2D eigenvalue weighted by Crippen LogP contribution is 2.27. The van der Waals surface area contributed by atoms with E-state index in [9.17, 15) is 9.59 Å². The van der Waals surface area contributed by atoms with Crippen molar-refractivity contribution in [2.45, 2.75) is 9.79 Å². The number of carbonyl (C=O) groups excluding carboxylic acids is 2. The molecule has 0 bridgehead atoms. The fourth-order valence-electron chi connectivity index (χ4n) is 2.15. The van der Waals surface area contributed by atoms with Crippen LogP contribution in [0, 0.1) is 0 Å². The summed E-state index contributed by atoms with van der Waals surface area (Å²) in [5.41, 5.74) is 0.755. The van der Waals surface area contributed by atoms with Crippen molar-refractivity contribution in [1.82, 2.24) is 0 Å². The van der Waals surface area contributed by atoms with Crippen molar-refractivity contribution in [3.8, 4) is 0 Å². The monoisotopic (exact) mass is 395 g/mol. The first kappa shape index (κ1) is 18.9. The third kappa shape index (κ3) is 5.54. The number of nitrogens with zero attached hydrogens (tertiary/aromatic N) is 1. The number of rotatable bonds is 6. The molecule has 0 aliphatic carbocycles. The van der Waals surface area contributed by atoms with Gasteiger partial charge in [0.05, 0.1) is 5.56 Å². The van der Waals surface area contributed by atoms with Gasteiger partial charge in [-0.15, -0.1) is 0 Å². The van der Waals surface area contributed by atoms with Gasteiger partial charge in [0.2, 0.25) is 5.78 Å². The maximum atomic E-state index is 12.1. The van der Waals surface area contributed by atoms with Gasteiger partial charge in [0.25, 0.3) is 0 Å². The summed E-state index contributed by atoms with van der Waals surface area (Å²) in [7, 11) is 0. The smallest absolute Gasteiger partial charge is 0.313 e. The predicted molar refractivity (Wildman–Crippen MR) is 107 cm³/mol. The average Bonchev–Trinajstić information content (AvgIpc) is 2.69. The normalized spacial score (nSPS) is 10.7. The van der Waals surface area contributed by atoms with Crippen LogP contribution in [-0.2, 0) is 4.84 Å². The number of halogens is 1. The Hall–Kier alpha value is -2.89. The maximum absolute atomic E-state index is 12.1. The fraction of sp³-hybridized carbons (Fsp3) is 0. The van der Waals surface area contributed by atoms with E-state index in [-0.39, 0.29) is 5.78 Å². The van der Waals surface area contributed by atoms with Crippen molar-refractivity contribution in [2.24, 2.45) is 5.16 Å². The minimum Gasteiger partial charge on any atom is -0.313 e. The minimum atomic E-state index is -0.662. The second-order valence-corrected chi connectivity index (χ2v) is 7.01. The molecule has 0 N–H and O–H groups in total. The number of hydrogen-bond acceptors (Lipinski definition) is 5. The summed E-state index contributed by atoms with van der Waals surface area (Å²) in [6, 6.07) is 23.3. The molecular formula is C21H14ClNO3S. The molecule has 0 aliphatic heterocycles. The Morgan fingerprint density at radius 3 is 2.07 bits per heavy atom. The molecule has 0 spiro atoms. The molecule has 0 radical (unpaired) electrons. The van der Waals surface area contributed by atoms with E-state index in [2.05, 4.69) is 5.16 Å². The standard InChI is InChI=1S/C21H14ClNO3S/c22-17-10-6-16(7-11-17)21(25)26-23-14-20(24)15-8-12-19(13-9-15)27-18-4-2-1-3-5-18/h1-14H/b23-14+. The molecule has 0 atom stereocenters. The first-order valence-corrected chi connectivity index (χ1v) is 9.19. The lowest BCUT2D eigenvalue weighted by molar-refractivity contribution is 0.0518. The largest absolute Gasteiger partial charge is 0.365 e. The van der Waals surface area contributed by atoms with Gasteiger partial charge >= 0.3 is 5.97 Å². The van der Waals surface area contributed by atoms with Gasteiger partial charge in [-0.2, -0.15) is 0 Å². The van der Waals surface area contributed by atoms with Gasteiger partial charge in [0.15, 0.2) is 0 Å². The van der Waals surface area contributed by atoms with Gasteiger partial charge in [0.1, 0.15) is 6.21 Å². The molecule has 0 saturated heterocycles. The second-order valence-electron chi connectivity index (χ2n) is 5.42. The van der Waals surface area contributed by atoms with Crippen molar-refractivity contribution < 1.29 is 14.4 Å². The summed E-state index contributed by atoms with van der Waals surface area (Å²) in [4.78, 5) is 30.8. The van der Waals surface area contributed by atoms with Crippen molar-refractivity contribution in [2.75, 3.05) is 0 Å². The maximum Gasteiger partial charge on any atom is 0.365 e. The summed E-state index contributed by atoms with van der Waals surface area (Å²) in [5, 5.41) is 3.99. The van der Waals surface area contributed by atoms with Gasteiger partial charge in [0, 0.05) is 20.4 Å². The van der Waals surface area contributed by atoms with E-state index in [0.29, 0.717) is 16.1 Å². The van der Waals surface area contributed by atoms with Crippen LogP contribution in [0.5, 0.6) is 0 Å². The topological polar surface area (TPSA) is 55.7 Å². The van der Waals surface area contributed by atoms with E-state index in [0.717, 1.165) is 16.0 Å². The number of hydrogen-bond donors (Lipinski definition) is 0. The molecule has 4 nitrogen and oxygen atoms in total. The summed E-state index contributed by atoms with van der Waals surface area (Å²) >= 11 is 7.36. The van der Waals surface area contributed by atoms with Crippen molar-refractivity contribution >= 4 is 41.3 Å². The summed E-state index contributed by atoms with van der Waals surface area (Å²) in [5.74, 6) is -1.01. The lowest BCUT2D eigenvalue weighted by atomic mass is 10.1. The predicted octanol–water partition coefficient (Wildman–Crippen LogP) is 5.52. The van der Waals surface area contributed by atoms with Crippen LogP contribution in [0.25, 0.3) is 0 Å². The van der Waals surface area contributed by atoms with Crippen LogP contribution in [0.1, 0.15) is 20.7 Å². The zero-order valence-electron chi connectivity index (χ0n) is 14.0. The highest BCUT2D eigenvalue weighted by atomic mass is 35.5. The Labute approximate surface area is 165 Å². The third-order valence-corrected chi connectivity index (χ3v) is 4.77. The van der Waals surface area contributed by atoms with Gasteiger partial charge in [-0.25, -0.2) is 4.79 Å². The van der Waals surface area contributed by atoms with E-state index in [1.807, 2.05) is 42.5 Å². The van der Waals surface area contributed by atoms with Crippen LogP contribution >= 0.6 is 23.4 Å². The van der Waals surface area contributed by atoms with Crippen molar-refractivity contribution in [1.29, 1.82) is 0 Å². The lowest BCUT2D eigenvalue weighted by Gasteiger charge is -2.02. The van der Waals surface area contributed by atoms with Crippen molar-refractivity contribution in [3.63, 3.8) is 0 Å². The molecule has 0 heterocycles. The average molecular weight is 396 g/mol. The molecule has 3 rings (SSSR count). The number of oxime groups is 1.